The van der Waals surface area contributed by atoms with Crippen molar-refractivity contribution < 1.29 is 0 Å². The highest BCUT2D eigenvalue weighted by Gasteiger charge is 2.20. The highest BCUT2D eigenvalue weighted by atomic mass is 35.5. The van der Waals surface area contributed by atoms with Crippen molar-refractivity contribution in [3.63, 3.8) is 0 Å². The number of fused-ring (bicyclic) bond motifs is 1. The van der Waals surface area contributed by atoms with E-state index < -0.39 is 0 Å². The van der Waals surface area contributed by atoms with Crippen LogP contribution in [-0.4, -0.2) is 18.8 Å². The Hall–Kier alpha value is -1.93. The molecule has 5 heteroatoms. The fourth-order valence-electron chi connectivity index (χ4n) is 2.60. The summed E-state index contributed by atoms with van der Waals surface area (Å²) in [6.07, 6.45) is 9.43. The third kappa shape index (κ3) is 5.54. The van der Waals surface area contributed by atoms with Gasteiger partial charge in [0.15, 0.2) is 0 Å². The first kappa shape index (κ1) is 18.8. The first-order valence-corrected chi connectivity index (χ1v) is 9.91. The maximum absolute atomic E-state index is 6.18. The van der Waals surface area contributed by atoms with E-state index in [1.807, 2.05) is 24.4 Å². The van der Waals surface area contributed by atoms with Gasteiger partial charge in [0.1, 0.15) is 5.92 Å². The summed E-state index contributed by atoms with van der Waals surface area (Å²) in [5.41, 5.74) is 3.27. The minimum Gasteiger partial charge on any atom is -0.364 e. The van der Waals surface area contributed by atoms with Crippen LogP contribution in [0.25, 0.3) is 0 Å². The van der Waals surface area contributed by atoms with Crippen LogP contribution in [0.2, 0.25) is 0 Å². The van der Waals surface area contributed by atoms with Crippen molar-refractivity contribution in [3.8, 4) is 11.8 Å². The molecular weight excluding hydrogens is 362 g/mol. The second-order valence-corrected chi connectivity index (χ2v) is 7.49. The van der Waals surface area contributed by atoms with Crippen molar-refractivity contribution in [2.75, 3.05) is 13.1 Å². The molecule has 26 heavy (non-hydrogen) atoms. The predicted octanol–water partition coefficient (Wildman–Crippen LogP) is 4.57. The molecule has 1 aromatic carbocycles. The zero-order chi connectivity index (χ0) is 18.2. The lowest BCUT2D eigenvalue weighted by Crippen LogP contribution is -2.27. The van der Waals surface area contributed by atoms with E-state index in [2.05, 4.69) is 53.1 Å². The molecule has 0 spiro atoms. The van der Waals surface area contributed by atoms with Crippen LogP contribution in [0.3, 0.4) is 0 Å². The molecule has 1 aromatic rings. The van der Waals surface area contributed by atoms with Gasteiger partial charge in [-0.1, -0.05) is 47.2 Å². The maximum Gasteiger partial charge on any atom is 0.102 e. The summed E-state index contributed by atoms with van der Waals surface area (Å²) in [5.74, 6) is 6.43. The lowest BCUT2D eigenvalue weighted by atomic mass is 9.95. The largest absolute Gasteiger partial charge is 0.364 e. The third-order valence-corrected chi connectivity index (χ3v) is 5.11. The molecule has 134 valence electrons. The Kier molecular flexibility index (Phi) is 7.02. The van der Waals surface area contributed by atoms with Gasteiger partial charge in [0.25, 0.3) is 0 Å². The molecule has 1 aliphatic carbocycles. The second kappa shape index (κ2) is 9.68. The summed E-state index contributed by atoms with van der Waals surface area (Å²) in [7, 11) is 0. The van der Waals surface area contributed by atoms with E-state index in [1.165, 1.54) is 10.5 Å². The van der Waals surface area contributed by atoms with Crippen molar-refractivity contribution in [1.29, 1.82) is 0 Å². The van der Waals surface area contributed by atoms with Gasteiger partial charge in [0.2, 0.25) is 0 Å². The SMILES string of the molecule is Cc1ccc(SNCCCN=C2C=CN/C3=C/C(Cl)=C\CC#CC23)cc1. The van der Waals surface area contributed by atoms with Gasteiger partial charge >= 0.3 is 0 Å². The van der Waals surface area contributed by atoms with Crippen LogP contribution in [0.1, 0.15) is 18.4 Å². The monoisotopic (exact) mass is 383 g/mol. The summed E-state index contributed by atoms with van der Waals surface area (Å²) < 4.78 is 3.39. The van der Waals surface area contributed by atoms with E-state index in [-0.39, 0.29) is 5.92 Å². The number of rotatable bonds is 6. The molecule has 0 fully saturated rings. The van der Waals surface area contributed by atoms with Gasteiger partial charge in [0.05, 0.1) is 5.71 Å². The number of benzene rings is 1. The number of halogens is 1. The second-order valence-electron chi connectivity index (χ2n) is 6.09. The van der Waals surface area contributed by atoms with Crippen LogP contribution >= 0.6 is 23.5 Å². The molecule has 0 amide bonds. The average molecular weight is 384 g/mol. The van der Waals surface area contributed by atoms with Gasteiger partial charge < -0.3 is 5.32 Å². The Bertz CT molecular complexity index is 810. The average Bonchev–Trinajstić information content (AvgIpc) is 2.62. The van der Waals surface area contributed by atoms with Crippen LogP contribution < -0.4 is 10.0 Å². The zero-order valence-corrected chi connectivity index (χ0v) is 16.3. The summed E-state index contributed by atoms with van der Waals surface area (Å²) in [5, 5.41) is 3.96. The van der Waals surface area contributed by atoms with Crippen LogP contribution in [0, 0.1) is 24.7 Å². The van der Waals surface area contributed by atoms with Crippen molar-refractivity contribution in [3.05, 3.63) is 65.0 Å². The van der Waals surface area contributed by atoms with Gasteiger partial charge in [-0.2, -0.15) is 0 Å². The van der Waals surface area contributed by atoms with E-state index in [0.717, 1.165) is 36.0 Å². The summed E-state index contributed by atoms with van der Waals surface area (Å²) in [6, 6.07) is 8.52. The Morgan fingerprint density at radius 2 is 2.19 bits per heavy atom. The summed E-state index contributed by atoms with van der Waals surface area (Å²) >= 11 is 7.85. The molecule has 2 aliphatic rings. The molecule has 2 N–H and O–H groups in total. The molecule has 3 nitrogen and oxygen atoms in total. The molecule has 0 saturated heterocycles. The van der Waals surface area contributed by atoms with Gasteiger partial charge in [-0.3, -0.25) is 9.71 Å². The normalized spacial score (nSPS) is 24.1. The number of nitrogens with one attached hydrogen (secondary N) is 2. The fraction of sp³-hybridized carbons (Fsp3) is 0.286. The Morgan fingerprint density at radius 3 is 3.04 bits per heavy atom. The van der Waals surface area contributed by atoms with Crippen molar-refractivity contribution >= 4 is 29.3 Å². The first-order valence-electron chi connectivity index (χ1n) is 8.72. The molecule has 0 aromatic heterocycles. The number of aryl methyl sites for hydroxylation is 1. The summed E-state index contributed by atoms with van der Waals surface area (Å²) in [6.45, 7) is 3.78. The van der Waals surface area contributed by atoms with E-state index in [0.29, 0.717) is 6.42 Å². The Labute approximate surface area is 164 Å². The number of hydrogen-bond acceptors (Lipinski definition) is 4. The zero-order valence-electron chi connectivity index (χ0n) is 14.8. The van der Waals surface area contributed by atoms with Gasteiger partial charge in [-0.05, 0) is 49.6 Å². The smallest absolute Gasteiger partial charge is 0.102 e. The highest BCUT2D eigenvalue weighted by Crippen LogP contribution is 2.21. The number of hydrogen-bond donors (Lipinski definition) is 2. The lowest BCUT2D eigenvalue weighted by molar-refractivity contribution is 0.800. The molecule has 0 radical (unpaired) electrons. The van der Waals surface area contributed by atoms with Crippen LogP contribution in [0.15, 0.2) is 69.3 Å². The molecular formula is C21H22ClN3S. The van der Waals surface area contributed by atoms with E-state index in [1.54, 1.807) is 11.9 Å². The Morgan fingerprint density at radius 1 is 1.35 bits per heavy atom. The molecule has 1 atom stereocenters. The van der Waals surface area contributed by atoms with Crippen LogP contribution in [0.4, 0.5) is 0 Å². The molecule has 1 aliphatic heterocycles. The van der Waals surface area contributed by atoms with Gasteiger partial charge in [0, 0.05) is 41.3 Å². The Balaban J connectivity index is 1.49. The van der Waals surface area contributed by atoms with Crippen molar-refractivity contribution in [2.24, 2.45) is 10.9 Å². The van der Waals surface area contributed by atoms with Gasteiger partial charge in [-0.15, -0.1) is 0 Å². The van der Waals surface area contributed by atoms with E-state index >= 15 is 0 Å². The van der Waals surface area contributed by atoms with Crippen molar-refractivity contribution in [1.82, 2.24) is 10.0 Å². The standard InChI is InChI=1S/C21H22ClN3S/c1-16-7-9-18(10-8-16)26-25-13-4-12-23-20-11-14-24-21-15-17(22)5-2-3-6-19(20)21/h5,7-11,14-15,19,24-25H,2,4,12-13H2,1H3/b17-5+,21-15+,23-20?. The quantitative estimate of drug-likeness (QED) is 0.429. The molecule has 1 unspecified atom stereocenters. The van der Waals surface area contributed by atoms with Crippen LogP contribution in [0.5, 0.6) is 0 Å². The topological polar surface area (TPSA) is 36.4 Å². The molecule has 0 bridgehead atoms. The van der Waals surface area contributed by atoms with Crippen LogP contribution in [-0.2, 0) is 0 Å². The number of aliphatic imine (C=N–C) groups is 1. The number of allylic oxidation sites excluding steroid dienone is 5. The number of nitrogens with zero attached hydrogens (tertiary/aromatic N) is 1. The minimum absolute atomic E-state index is 0.0163. The molecule has 3 rings (SSSR count). The van der Waals surface area contributed by atoms with Gasteiger partial charge in [-0.25, -0.2) is 0 Å². The molecule has 0 saturated carbocycles. The van der Waals surface area contributed by atoms with Crippen molar-refractivity contribution in [2.45, 2.75) is 24.7 Å². The summed E-state index contributed by atoms with van der Waals surface area (Å²) in [4.78, 5) is 5.99. The molecule has 1 heterocycles. The first-order chi connectivity index (χ1) is 12.7. The predicted molar refractivity (Wildman–Crippen MR) is 112 cm³/mol. The fourth-order valence-corrected chi connectivity index (χ4v) is 3.48. The third-order valence-electron chi connectivity index (χ3n) is 3.99. The van der Waals surface area contributed by atoms with E-state index in [4.69, 9.17) is 16.6 Å². The van der Waals surface area contributed by atoms with E-state index in [9.17, 15) is 0 Å². The lowest BCUT2D eigenvalue weighted by Gasteiger charge is -2.21. The maximum atomic E-state index is 6.18. The highest BCUT2D eigenvalue weighted by molar-refractivity contribution is 7.97. The minimum atomic E-state index is -0.0163.